The topological polar surface area (TPSA) is 6.48 Å². The van der Waals surface area contributed by atoms with Gasteiger partial charge in [-0.05, 0) is 69.9 Å². The molecule has 0 spiro atoms. The molecule has 0 fully saturated rings. The average Bonchev–Trinajstić information content (AvgIpc) is 2.77. The van der Waals surface area contributed by atoms with Gasteiger partial charge in [0.15, 0.2) is 0 Å². The molecular formula is C22H42N2. The molecule has 0 saturated carbocycles. The second kappa shape index (κ2) is 9.20. The lowest BCUT2D eigenvalue weighted by molar-refractivity contribution is 0.388. The Morgan fingerprint density at radius 3 is 1.62 bits per heavy atom. The van der Waals surface area contributed by atoms with Crippen LogP contribution in [0.3, 0.4) is 0 Å². The van der Waals surface area contributed by atoms with E-state index in [1.807, 2.05) is 0 Å². The molecule has 0 heterocycles. The highest BCUT2D eigenvalue weighted by Crippen LogP contribution is 2.49. The molecule has 0 aromatic rings. The van der Waals surface area contributed by atoms with E-state index < -0.39 is 0 Å². The maximum absolute atomic E-state index is 2.41. The Hall–Kier alpha value is -0.600. The number of allylic oxidation sites excluding steroid dienone is 2. The van der Waals surface area contributed by atoms with Gasteiger partial charge in [-0.3, -0.25) is 0 Å². The molecule has 24 heavy (non-hydrogen) atoms. The van der Waals surface area contributed by atoms with Crippen molar-refractivity contribution in [2.75, 3.05) is 41.3 Å². The summed E-state index contributed by atoms with van der Waals surface area (Å²) < 4.78 is 0. The Morgan fingerprint density at radius 1 is 0.750 bits per heavy atom. The monoisotopic (exact) mass is 334 g/mol. The van der Waals surface area contributed by atoms with Crippen molar-refractivity contribution >= 4 is 0 Å². The van der Waals surface area contributed by atoms with Crippen molar-refractivity contribution in [1.29, 1.82) is 0 Å². The van der Waals surface area contributed by atoms with E-state index in [4.69, 9.17) is 0 Å². The van der Waals surface area contributed by atoms with Crippen molar-refractivity contribution in [2.24, 2.45) is 23.7 Å². The first-order valence-electron chi connectivity index (χ1n) is 9.83. The summed E-state index contributed by atoms with van der Waals surface area (Å²) in [5, 5.41) is 0. The van der Waals surface area contributed by atoms with Crippen molar-refractivity contribution in [2.45, 2.75) is 54.4 Å². The lowest BCUT2D eigenvalue weighted by Crippen LogP contribution is -2.20. The van der Waals surface area contributed by atoms with Gasteiger partial charge in [0, 0.05) is 19.0 Å². The van der Waals surface area contributed by atoms with E-state index in [9.17, 15) is 0 Å². The highest BCUT2D eigenvalue weighted by atomic mass is 15.1. The fourth-order valence-electron chi connectivity index (χ4n) is 4.28. The first-order valence-corrected chi connectivity index (χ1v) is 9.83. The SMILES string of the molecule is CC(C)C1=C(C(C)C)C(C(C)C)C(CCN(C)C)=C1CCN(C)C. The van der Waals surface area contributed by atoms with Crippen LogP contribution < -0.4 is 0 Å². The molecule has 1 atom stereocenters. The maximum Gasteiger partial charge on any atom is 0.00450 e. The smallest absolute Gasteiger partial charge is 0.00450 e. The predicted octanol–water partition coefficient (Wildman–Crippen LogP) is 5.08. The molecule has 0 radical (unpaired) electrons. The number of rotatable bonds is 9. The van der Waals surface area contributed by atoms with E-state index in [0.717, 1.165) is 13.1 Å². The Morgan fingerprint density at radius 2 is 1.25 bits per heavy atom. The summed E-state index contributed by atoms with van der Waals surface area (Å²) in [6.07, 6.45) is 2.41. The quantitative estimate of drug-likeness (QED) is 0.580. The second-order valence-electron chi connectivity index (χ2n) is 9.01. The average molecular weight is 335 g/mol. The molecule has 140 valence electrons. The Bertz CT molecular complexity index is 464. The van der Waals surface area contributed by atoms with Crippen LogP contribution in [0.4, 0.5) is 0 Å². The van der Waals surface area contributed by atoms with Gasteiger partial charge in [0.05, 0.1) is 0 Å². The van der Waals surface area contributed by atoms with Crippen LogP contribution in [0.25, 0.3) is 0 Å². The van der Waals surface area contributed by atoms with Crippen LogP contribution >= 0.6 is 0 Å². The zero-order valence-corrected chi connectivity index (χ0v) is 18.0. The number of nitrogens with zero attached hydrogens (tertiary/aromatic N) is 2. The molecule has 1 rings (SSSR count). The van der Waals surface area contributed by atoms with Crippen LogP contribution in [-0.4, -0.2) is 51.1 Å². The van der Waals surface area contributed by atoms with E-state index in [0.29, 0.717) is 23.7 Å². The van der Waals surface area contributed by atoms with Gasteiger partial charge in [-0.15, -0.1) is 0 Å². The van der Waals surface area contributed by atoms with E-state index in [1.165, 1.54) is 12.8 Å². The Labute approximate surface area is 152 Å². The van der Waals surface area contributed by atoms with E-state index in [1.54, 1.807) is 22.3 Å². The van der Waals surface area contributed by atoms with Crippen molar-refractivity contribution in [3.8, 4) is 0 Å². The van der Waals surface area contributed by atoms with E-state index in [-0.39, 0.29) is 0 Å². The van der Waals surface area contributed by atoms with Gasteiger partial charge < -0.3 is 9.80 Å². The van der Waals surface area contributed by atoms with Gasteiger partial charge in [-0.1, -0.05) is 52.7 Å². The van der Waals surface area contributed by atoms with Crippen molar-refractivity contribution in [1.82, 2.24) is 9.80 Å². The third-order valence-electron chi connectivity index (χ3n) is 5.24. The van der Waals surface area contributed by atoms with Crippen molar-refractivity contribution in [3.63, 3.8) is 0 Å². The summed E-state index contributed by atoms with van der Waals surface area (Å²) in [6.45, 7) is 16.7. The first-order chi connectivity index (χ1) is 11.1. The van der Waals surface area contributed by atoms with Gasteiger partial charge in [0.25, 0.3) is 0 Å². The van der Waals surface area contributed by atoms with Crippen LogP contribution in [0.15, 0.2) is 22.3 Å². The molecule has 0 aromatic heterocycles. The normalized spacial score (nSPS) is 19.4. The van der Waals surface area contributed by atoms with Gasteiger partial charge in [0.1, 0.15) is 0 Å². The predicted molar refractivity (Wildman–Crippen MR) is 108 cm³/mol. The summed E-state index contributed by atoms with van der Waals surface area (Å²) in [4.78, 5) is 4.66. The molecule has 0 aromatic carbocycles. The van der Waals surface area contributed by atoms with Crippen LogP contribution in [0, 0.1) is 23.7 Å². The van der Waals surface area contributed by atoms with Gasteiger partial charge in [0.2, 0.25) is 0 Å². The summed E-state index contributed by atoms with van der Waals surface area (Å²) in [7, 11) is 8.77. The minimum absolute atomic E-state index is 0.623. The number of hydrogen-bond donors (Lipinski definition) is 0. The molecule has 1 aliphatic rings. The molecule has 0 aliphatic heterocycles. The molecule has 1 unspecified atom stereocenters. The number of hydrogen-bond acceptors (Lipinski definition) is 2. The summed E-state index contributed by atoms with van der Waals surface area (Å²) in [5.74, 6) is 2.60. The van der Waals surface area contributed by atoms with Crippen molar-refractivity contribution < 1.29 is 0 Å². The van der Waals surface area contributed by atoms with Gasteiger partial charge >= 0.3 is 0 Å². The lowest BCUT2D eigenvalue weighted by Gasteiger charge is -2.27. The van der Waals surface area contributed by atoms with Crippen LogP contribution in [0.1, 0.15) is 54.4 Å². The molecule has 0 N–H and O–H groups in total. The molecule has 2 heteroatoms. The molecule has 0 saturated heterocycles. The fourth-order valence-corrected chi connectivity index (χ4v) is 4.28. The van der Waals surface area contributed by atoms with Crippen molar-refractivity contribution in [3.05, 3.63) is 22.3 Å². The molecular weight excluding hydrogens is 292 g/mol. The van der Waals surface area contributed by atoms with Crippen LogP contribution in [-0.2, 0) is 0 Å². The van der Waals surface area contributed by atoms with E-state index in [2.05, 4.69) is 79.5 Å². The second-order valence-corrected chi connectivity index (χ2v) is 9.01. The highest BCUT2D eigenvalue weighted by Gasteiger charge is 2.36. The molecule has 0 bridgehead atoms. The Balaban J connectivity index is 3.39. The fraction of sp³-hybridized carbons (Fsp3) is 0.818. The van der Waals surface area contributed by atoms with Crippen LogP contribution in [0.5, 0.6) is 0 Å². The van der Waals surface area contributed by atoms with Gasteiger partial charge in [-0.25, -0.2) is 0 Å². The van der Waals surface area contributed by atoms with E-state index >= 15 is 0 Å². The minimum atomic E-state index is 0.623. The van der Waals surface area contributed by atoms with Gasteiger partial charge in [-0.2, -0.15) is 0 Å². The largest absolute Gasteiger partial charge is 0.309 e. The zero-order chi connectivity index (χ0) is 18.6. The third kappa shape index (κ3) is 5.20. The highest BCUT2D eigenvalue weighted by molar-refractivity contribution is 5.52. The summed E-state index contributed by atoms with van der Waals surface area (Å²) in [6, 6.07) is 0. The lowest BCUT2D eigenvalue weighted by atomic mass is 9.78. The summed E-state index contributed by atoms with van der Waals surface area (Å²) >= 11 is 0. The molecule has 1 aliphatic carbocycles. The zero-order valence-electron chi connectivity index (χ0n) is 18.0. The van der Waals surface area contributed by atoms with Crippen LogP contribution in [0.2, 0.25) is 0 Å². The summed E-state index contributed by atoms with van der Waals surface area (Å²) in [5.41, 5.74) is 6.87. The standard InChI is InChI=1S/C22H42N2/c1-15(2)20-18(11-13-23(7)8)19(12-14-24(9)10)21(16(3)4)22(20)17(5)6/h15-17,20H,11-14H2,1-10H3. The Kier molecular flexibility index (Phi) is 8.22. The first kappa shape index (κ1) is 21.4. The maximum atomic E-state index is 2.41. The third-order valence-corrected chi connectivity index (χ3v) is 5.24. The molecule has 0 amide bonds. The molecule has 2 nitrogen and oxygen atoms in total. The minimum Gasteiger partial charge on any atom is -0.309 e.